The van der Waals surface area contributed by atoms with Crippen molar-refractivity contribution in [3.05, 3.63) is 22.4 Å². The van der Waals surface area contributed by atoms with Crippen molar-refractivity contribution in [2.75, 3.05) is 7.11 Å². The molecule has 1 rings (SSSR count). The van der Waals surface area contributed by atoms with Crippen molar-refractivity contribution in [1.82, 2.24) is 0 Å². The van der Waals surface area contributed by atoms with Crippen molar-refractivity contribution in [1.29, 1.82) is 0 Å². The van der Waals surface area contributed by atoms with Crippen molar-refractivity contribution >= 4 is 15.9 Å². The number of aromatic hydroxyl groups is 1. The Kier molecular flexibility index (Phi) is 2.34. The number of ether oxygens (including phenoxy) is 1. The maximum absolute atomic E-state index is 12.6. The van der Waals surface area contributed by atoms with Crippen LogP contribution < -0.4 is 4.74 Å². The molecule has 0 aliphatic heterocycles. The number of phenolic OH excluding ortho intramolecular Hbond substituents is 1. The highest BCUT2D eigenvalue weighted by Crippen LogP contribution is 2.34. The van der Waals surface area contributed by atoms with Gasteiger partial charge in [0, 0.05) is 0 Å². The van der Waals surface area contributed by atoms with Crippen LogP contribution in [0.1, 0.15) is 0 Å². The fourth-order valence-corrected chi connectivity index (χ4v) is 1.16. The molecule has 0 heterocycles. The molecule has 0 atom stereocenters. The van der Waals surface area contributed by atoms with Gasteiger partial charge in [0.15, 0.2) is 11.6 Å². The monoisotopic (exact) mass is 220 g/mol. The Morgan fingerprint density at radius 3 is 2.73 bits per heavy atom. The standard InChI is InChI=1S/C7H6BrFO2/c1-11-5-3-2-4(9)7(10)6(5)8/h2-3,10H,1H3. The van der Waals surface area contributed by atoms with E-state index in [2.05, 4.69) is 15.9 Å². The number of halogens is 2. The molecule has 0 amide bonds. The highest BCUT2D eigenvalue weighted by molar-refractivity contribution is 9.10. The minimum absolute atomic E-state index is 0.236. The van der Waals surface area contributed by atoms with E-state index in [0.29, 0.717) is 5.75 Å². The molecule has 0 fully saturated rings. The van der Waals surface area contributed by atoms with Crippen LogP contribution in [-0.2, 0) is 0 Å². The van der Waals surface area contributed by atoms with Crippen molar-refractivity contribution in [2.24, 2.45) is 0 Å². The summed E-state index contributed by atoms with van der Waals surface area (Å²) in [5, 5.41) is 9.02. The summed E-state index contributed by atoms with van der Waals surface area (Å²) < 4.78 is 17.6. The van der Waals surface area contributed by atoms with Crippen LogP contribution in [0.3, 0.4) is 0 Å². The number of hydrogen-bond donors (Lipinski definition) is 1. The third-order valence-electron chi connectivity index (χ3n) is 1.25. The predicted molar refractivity (Wildman–Crippen MR) is 42.3 cm³/mol. The zero-order valence-corrected chi connectivity index (χ0v) is 7.35. The molecule has 0 bridgehead atoms. The van der Waals surface area contributed by atoms with Gasteiger partial charge in [-0.2, -0.15) is 0 Å². The van der Waals surface area contributed by atoms with Crippen LogP contribution in [0.15, 0.2) is 16.6 Å². The van der Waals surface area contributed by atoms with Gasteiger partial charge in [-0.05, 0) is 28.1 Å². The highest BCUT2D eigenvalue weighted by Gasteiger charge is 2.09. The van der Waals surface area contributed by atoms with Gasteiger partial charge in [0.1, 0.15) is 10.2 Å². The van der Waals surface area contributed by atoms with Gasteiger partial charge >= 0.3 is 0 Å². The third-order valence-corrected chi connectivity index (χ3v) is 2.02. The van der Waals surface area contributed by atoms with Gasteiger partial charge in [0.05, 0.1) is 7.11 Å². The minimum Gasteiger partial charge on any atom is -0.504 e. The molecule has 0 aliphatic rings. The average Bonchev–Trinajstić information content (AvgIpc) is 2.01. The zero-order chi connectivity index (χ0) is 8.43. The molecule has 0 saturated carbocycles. The zero-order valence-electron chi connectivity index (χ0n) is 5.77. The Labute approximate surface area is 71.7 Å². The van der Waals surface area contributed by atoms with Crippen molar-refractivity contribution in [3.63, 3.8) is 0 Å². The number of benzene rings is 1. The lowest BCUT2D eigenvalue weighted by molar-refractivity contribution is 0.392. The summed E-state index contributed by atoms with van der Waals surface area (Å²) >= 11 is 2.98. The van der Waals surface area contributed by atoms with Gasteiger partial charge in [0.25, 0.3) is 0 Å². The Hall–Kier alpha value is -0.770. The number of phenols is 1. The fourth-order valence-electron chi connectivity index (χ4n) is 0.680. The second kappa shape index (κ2) is 3.09. The van der Waals surface area contributed by atoms with Gasteiger partial charge < -0.3 is 9.84 Å². The number of hydrogen-bond acceptors (Lipinski definition) is 2. The molecule has 0 aromatic heterocycles. The van der Waals surface area contributed by atoms with E-state index in [0.717, 1.165) is 6.07 Å². The molecule has 1 N–H and O–H groups in total. The van der Waals surface area contributed by atoms with Crippen molar-refractivity contribution in [3.8, 4) is 11.5 Å². The van der Waals surface area contributed by atoms with E-state index < -0.39 is 11.6 Å². The smallest absolute Gasteiger partial charge is 0.169 e. The topological polar surface area (TPSA) is 29.5 Å². The second-order valence-corrected chi connectivity index (χ2v) is 2.71. The average molecular weight is 221 g/mol. The first-order valence-electron chi connectivity index (χ1n) is 2.87. The molecule has 60 valence electrons. The van der Waals surface area contributed by atoms with Crippen LogP contribution >= 0.6 is 15.9 Å². The third kappa shape index (κ3) is 1.45. The molecule has 1 aromatic rings. The molecular weight excluding hydrogens is 215 g/mol. The Morgan fingerprint density at radius 1 is 1.55 bits per heavy atom. The SMILES string of the molecule is COc1ccc(F)c(O)c1Br. The van der Waals surface area contributed by atoms with Gasteiger partial charge in [-0.3, -0.25) is 0 Å². The maximum Gasteiger partial charge on any atom is 0.169 e. The lowest BCUT2D eigenvalue weighted by atomic mass is 10.3. The number of methoxy groups -OCH3 is 1. The molecule has 4 heteroatoms. The van der Waals surface area contributed by atoms with Gasteiger partial charge in [0.2, 0.25) is 0 Å². The molecule has 0 aliphatic carbocycles. The Balaban J connectivity index is 3.25. The summed E-state index contributed by atoms with van der Waals surface area (Å²) in [6.45, 7) is 0. The van der Waals surface area contributed by atoms with Crippen LogP contribution in [0, 0.1) is 5.82 Å². The summed E-state index contributed by atoms with van der Waals surface area (Å²) in [7, 11) is 1.44. The minimum atomic E-state index is -0.669. The predicted octanol–water partition coefficient (Wildman–Crippen LogP) is 2.30. The summed E-state index contributed by atoms with van der Waals surface area (Å²) in [6.07, 6.45) is 0. The molecule has 11 heavy (non-hydrogen) atoms. The van der Waals surface area contributed by atoms with Crippen LogP contribution in [0.25, 0.3) is 0 Å². The Morgan fingerprint density at radius 2 is 2.18 bits per heavy atom. The summed E-state index contributed by atoms with van der Waals surface area (Å²) in [6, 6.07) is 2.57. The lowest BCUT2D eigenvalue weighted by Gasteiger charge is -2.04. The molecular formula is C7H6BrFO2. The normalized spacial score (nSPS) is 9.73. The van der Waals surface area contributed by atoms with Crippen molar-refractivity contribution < 1.29 is 14.2 Å². The van der Waals surface area contributed by atoms with E-state index in [1.807, 2.05) is 0 Å². The first kappa shape index (κ1) is 8.33. The maximum atomic E-state index is 12.6. The van der Waals surface area contributed by atoms with E-state index in [4.69, 9.17) is 9.84 Å². The summed E-state index contributed by atoms with van der Waals surface area (Å²) in [5.41, 5.74) is 0. The lowest BCUT2D eigenvalue weighted by Crippen LogP contribution is -1.86. The van der Waals surface area contributed by atoms with E-state index in [1.54, 1.807) is 0 Å². The Bertz CT molecular complexity index is 275. The first-order valence-corrected chi connectivity index (χ1v) is 3.67. The van der Waals surface area contributed by atoms with Crippen LogP contribution in [0.2, 0.25) is 0 Å². The van der Waals surface area contributed by atoms with E-state index >= 15 is 0 Å². The van der Waals surface area contributed by atoms with Crippen LogP contribution in [0.5, 0.6) is 11.5 Å². The van der Waals surface area contributed by atoms with Gasteiger partial charge in [-0.15, -0.1) is 0 Å². The van der Waals surface area contributed by atoms with Crippen LogP contribution in [-0.4, -0.2) is 12.2 Å². The molecule has 0 radical (unpaired) electrons. The molecule has 2 nitrogen and oxygen atoms in total. The molecule has 0 saturated heterocycles. The van der Waals surface area contributed by atoms with Crippen molar-refractivity contribution in [2.45, 2.75) is 0 Å². The number of rotatable bonds is 1. The van der Waals surface area contributed by atoms with Gasteiger partial charge in [-0.1, -0.05) is 0 Å². The van der Waals surface area contributed by atoms with Gasteiger partial charge in [-0.25, -0.2) is 4.39 Å². The summed E-state index contributed by atoms with van der Waals surface area (Å²) in [5.74, 6) is -0.689. The molecule has 0 unspecified atom stereocenters. The highest BCUT2D eigenvalue weighted by atomic mass is 79.9. The molecule has 1 aromatic carbocycles. The summed E-state index contributed by atoms with van der Waals surface area (Å²) in [4.78, 5) is 0. The van der Waals surface area contributed by atoms with E-state index in [9.17, 15) is 4.39 Å². The fraction of sp³-hybridized carbons (Fsp3) is 0.143. The molecule has 0 spiro atoms. The first-order chi connectivity index (χ1) is 5.16. The van der Waals surface area contributed by atoms with E-state index in [-0.39, 0.29) is 4.47 Å². The van der Waals surface area contributed by atoms with E-state index in [1.165, 1.54) is 13.2 Å². The quantitative estimate of drug-likeness (QED) is 0.788. The van der Waals surface area contributed by atoms with Crippen LogP contribution in [0.4, 0.5) is 4.39 Å². The second-order valence-electron chi connectivity index (χ2n) is 1.91. The largest absolute Gasteiger partial charge is 0.504 e.